The van der Waals surface area contributed by atoms with E-state index < -0.39 is 4.92 Å². The minimum absolute atomic E-state index is 0.00321. The van der Waals surface area contributed by atoms with Crippen LogP contribution in [0.1, 0.15) is 24.5 Å². The van der Waals surface area contributed by atoms with Crippen molar-refractivity contribution in [3.63, 3.8) is 0 Å². The molecule has 0 amide bonds. The number of nitro benzene ring substituents is 1. The van der Waals surface area contributed by atoms with Crippen molar-refractivity contribution in [3.05, 3.63) is 69.8 Å². The van der Waals surface area contributed by atoms with E-state index >= 15 is 0 Å². The van der Waals surface area contributed by atoms with E-state index in [2.05, 4.69) is 6.07 Å². The summed E-state index contributed by atoms with van der Waals surface area (Å²) in [6, 6.07) is 15.5. The molecule has 0 aliphatic carbocycles. The molecule has 0 bridgehead atoms. The van der Waals surface area contributed by atoms with Crippen LogP contribution in [-0.2, 0) is 0 Å². The van der Waals surface area contributed by atoms with Crippen LogP contribution in [-0.4, -0.2) is 11.5 Å². The Hall–Kier alpha value is -3.13. The molecule has 0 atom stereocenters. The van der Waals surface area contributed by atoms with Gasteiger partial charge in [-0.3, -0.25) is 10.1 Å². The van der Waals surface area contributed by atoms with Gasteiger partial charge in [0.2, 0.25) is 0 Å². The van der Waals surface area contributed by atoms with E-state index in [-0.39, 0.29) is 5.69 Å². The lowest BCUT2D eigenvalue weighted by Gasteiger charge is -2.04. The average Bonchev–Trinajstić information content (AvgIpc) is 2.59. The lowest BCUT2D eigenvalue weighted by Crippen LogP contribution is -1.94. The summed E-state index contributed by atoms with van der Waals surface area (Å²) in [5.41, 5.74) is 1.96. The van der Waals surface area contributed by atoms with Crippen molar-refractivity contribution in [3.8, 4) is 11.8 Å². The Morgan fingerprint density at radius 3 is 2.39 bits per heavy atom. The summed E-state index contributed by atoms with van der Waals surface area (Å²) in [5, 5.41) is 20.0. The Bertz CT molecular complexity index is 741. The number of nitrogens with zero attached hydrogens (tertiary/aromatic N) is 2. The fourth-order valence-corrected chi connectivity index (χ4v) is 1.99. The fourth-order valence-electron chi connectivity index (χ4n) is 1.99. The molecule has 5 heteroatoms. The molecule has 5 nitrogen and oxygen atoms in total. The number of benzene rings is 2. The Morgan fingerprint density at radius 1 is 1.22 bits per heavy atom. The maximum Gasteiger partial charge on any atom is 0.269 e. The molecule has 0 saturated carbocycles. The van der Waals surface area contributed by atoms with Gasteiger partial charge in [-0.25, -0.2) is 0 Å². The van der Waals surface area contributed by atoms with E-state index in [0.717, 1.165) is 17.7 Å². The number of non-ortho nitro benzene ring substituents is 1. The number of hydrogen-bond donors (Lipinski definition) is 0. The molecule has 0 fully saturated rings. The summed E-state index contributed by atoms with van der Waals surface area (Å²) in [6.07, 6.45) is 2.69. The van der Waals surface area contributed by atoms with E-state index in [9.17, 15) is 15.4 Å². The number of rotatable bonds is 6. The normalized spacial score (nSPS) is 10.9. The van der Waals surface area contributed by atoms with Crippen molar-refractivity contribution in [2.75, 3.05) is 6.61 Å². The van der Waals surface area contributed by atoms with E-state index in [1.54, 1.807) is 18.2 Å². The molecule has 2 aromatic rings. The van der Waals surface area contributed by atoms with Crippen molar-refractivity contribution in [2.45, 2.75) is 13.3 Å². The van der Waals surface area contributed by atoms with Gasteiger partial charge in [-0.05, 0) is 47.9 Å². The first kappa shape index (κ1) is 16.2. The van der Waals surface area contributed by atoms with Gasteiger partial charge in [-0.1, -0.05) is 19.1 Å². The van der Waals surface area contributed by atoms with Crippen LogP contribution in [0.25, 0.3) is 11.6 Å². The number of nitro groups is 1. The third-order valence-corrected chi connectivity index (χ3v) is 3.17. The molecule has 0 unspecified atom stereocenters. The highest BCUT2D eigenvalue weighted by Crippen LogP contribution is 2.22. The molecule has 0 aliphatic heterocycles. The Morgan fingerprint density at radius 2 is 1.87 bits per heavy atom. The van der Waals surface area contributed by atoms with Crippen LogP contribution in [0.2, 0.25) is 0 Å². The summed E-state index contributed by atoms with van der Waals surface area (Å²) in [7, 11) is 0. The third-order valence-electron chi connectivity index (χ3n) is 3.17. The van der Waals surface area contributed by atoms with Gasteiger partial charge in [0.25, 0.3) is 5.69 Å². The molecule has 23 heavy (non-hydrogen) atoms. The first-order valence-corrected chi connectivity index (χ1v) is 7.23. The van der Waals surface area contributed by atoms with Crippen LogP contribution in [0.3, 0.4) is 0 Å². The minimum Gasteiger partial charge on any atom is -0.494 e. The molecule has 0 saturated heterocycles. The minimum atomic E-state index is -0.464. The SMILES string of the molecule is CCCOc1ccc(/C=C(/C#N)c2ccc([N+](=O)[O-])cc2)cc1. The number of allylic oxidation sites excluding steroid dienone is 1. The van der Waals surface area contributed by atoms with Crippen molar-refractivity contribution >= 4 is 17.3 Å². The molecule has 2 rings (SSSR count). The molecule has 0 N–H and O–H groups in total. The molecule has 116 valence electrons. The smallest absolute Gasteiger partial charge is 0.269 e. The Balaban J connectivity index is 2.21. The standard InChI is InChI=1S/C18H16N2O3/c1-2-11-23-18-9-3-14(4-10-18)12-16(13-19)15-5-7-17(8-6-15)20(21)22/h3-10,12H,2,11H2,1H3/b16-12-. The largest absolute Gasteiger partial charge is 0.494 e. The number of ether oxygens (including phenoxy) is 1. The van der Waals surface area contributed by atoms with Gasteiger partial charge in [0, 0.05) is 12.1 Å². The average molecular weight is 308 g/mol. The predicted molar refractivity (Wildman–Crippen MR) is 88.8 cm³/mol. The number of nitriles is 1. The maximum absolute atomic E-state index is 10.7. The zero-order valence-electron chi connectivity index (χ0n) is 12.7. The Kier molecular flexibility index (Phi) is 5.48. The van der Waals surface area contributed by atoms with Crippen LogP contribution >= 0.6 is 0 Å². The van der Waals surface area contributed by atoms with Crippen molar-refractivity contribution in [1.82, 2.24) is 0 Å². The van der Waals surface area contributed by atoms with Gasteiger partial charge in [-0.2, -0.15) is 5.26 Å². The fraction of sp³-hybridized carbons (Fsp3) is 0.167. The second-order valence-corrected chi connectivity index (χ2v) is 4.89. The molecule has 2 aromatic carbocycles. The van der Waals surface area contributed by atoms with Crippen LogP contribution in [0.4, 0.5) is 5.69 Å². The van der Waals surface area contributed by atoms with Gasteiger partial charge in [-0.15, -0.1) is 0 Å². The number of hydrogen-bond acceptors (Lipinski definition) is 4. The second-order valence-electron chi connectivity index (χ2n) is 4.89. The summed E-state index contributed by atoms with van der Waals surface area (Å²) in [6.45, 7) is 2.71. The summed E-state index contributed by atoms with van der Waals surface area (Å²) >= 11 is 0. The molecule has 0 radical (unpaired) electrons. The van der Waals surface area contributed by atoms with Gasteiger partial charge < -0.3 is 4.74 Å². The first-order chi connectivity index (χ1) is 11.1. The zero-order chi connectivity index (χ0) is 16.7. The maximum atomic E-state index is 10.7. The lowest BCUT2D eigenvalue weighted by molar-refractivity contribution is -0.384. The molecule has 0 spiro atoms. The summed E-state index contributed by atoms with van der Waals surface area (Å²) in [4.78, 5) is 10.2. The van der Waals surface area contributed by atoms with Crippen molar-refractivity contribution in [1.29, 1.82) is 5.26 Å². The van der Waals surface area contributed by atoms with E-state index in [1.807, 2.05) is 31.2 Å². The third kappa shape index (κ3) is 4.42. The monoisotopic (exact) mass is 308 g/mol. The van der Waals surface area contributed by atoms with E-state index in [0.29, 0.717) is 17.7 Å². The topological polar surface area (TPSA) is 76.2 Å². The summed E-state index contributed by atoms with van der Waals surface area (Å²) < 4.78 is 5.51. The highest BCUT2D eigenvalue weighted by atomic mass is 16.6. The Labute approximate surface area is 134 Å². The highest BCUT2D eigenvalue weighted by molar-refractivity contribution is 5.89. The van der Waals surface area contributed by atoms with Gasteiger partial charge in [0.15, 0.2) is 0 Å². The van der Waals surface area contributed by atoms with Crippen molar-refractivity contribution < 1.29 is 9.66 Å². The van der Waals surface area contributed by atoms with Gasteiger partial charge in [0.1, 0.15) is 5.75 Å². The molecule has 0 aliphatic rings. The summed E-state index contributed by atoms with van der Waals surface area (Å²) in [5.74, 6) is 0.790. The second kappa shape index (κ2) is 7.76. The van der Waals surface area contributed by atoms with E-state index in [1.165, 1.54) is 12.1 Å². The first-order valence-electron chi connectivity index (χ1n) is 7.23. The zero-order valence-corrected chi connectivity index (χ0v) is 12.7. The highest BCUT2D eigenvalue weighted by Gasteiger charge is 2.07. The van der Waals surface area contributed by atoms with Gasteiger partial charge >= 0.3 is 0 Å². The predicted octanol–water partition coefficient (Wildman–Crippen LogP) is 4.45. The van der Waals surface area contributed by atoms with Crippen LogP contribution in [0.5, 0.6) is 5.75 Å². The van der Waals surface area contributed by atoms with E-state index in [4.69, 9.17) is 4.74 Å². The molecule has 0 aromatic heterocycles. The van der Waals surface area contributed by atoms with Crippen LogP contribution in [0, 0.1) is 21.4 Å². The lowest BCUT2D eigenvalue weighted by atomic mass is 10.0. The quantitative estimate of drug-likeness (QED) is 0.342. The van der Waals surface area contributed by atoms with Crippen molar-refractivity contribution in [2.24, 2.45) is 0 Å². The molecular weight excluding hydrogens is 292 g/mol. The van der Waals surface area contributed by atoms with Crippen LogP contribution in [0.15, 0.2) is 48.5 Å². The van der Waals surface area contributed by atoms with Crippen LogP contribution < -0.4 is 4.74 Å². The molecular formula is C18H16N2O3. The molecule has 0 heterocycles. The van der Waals surface area contributed by atoms with Gasteiger partial charge in [0.05, 0.1) is 23.2 Å².